The van der Waals surface area contributed by atoms with Crippen LogP contribution in [0.25, 0.3) is 22.4 Å². The Morgan fingerprint density at radius 1 is 0.655 bits per heavy atom. The van der Waals surface area contributed by atoms with Gasteiger partial charge in [-0.1, -0.05) is 87.1 Å². The molecule has 1 aliphatic rings. The zero-order chi connectivity index (χ0) is 40.3. The maximum atomic E-state index is 13.7. The van der Waals surface area contributed by atoms with Crippen molar-refractivity contribution in [2.24, 2.45) is 20.5 Å². The minimum atomic E-state index is 0.0204. The van der Waals surface area contributed by atoms with Gasteiger partial charge in [0.05, 0.1) is 38.3 Å². The minimum absolute atomic E-state index is 0.0204. The molecule has 294 valence electrons. The number of fused-ring (bicyclic) bond motifs is 2. The molecule has 0 aromatic heterocycles. The molecule has 11 heteroatoms. The molecule has 0 spiro atoms. The summed E-state index contributed by atoms with van der Waals surface area (Å²) < 4.78 is 8.53. The first-order valence-corrected chi connectivity index (χ1v) is 22.2. The average molecular weight is 1010 g/mol. The molecule has 1 amide bonds. The summed E-state index contributed by atoms with van der Waals surface area (Å²) in [5, 5.41) is 30.1. The number of halogens is 3. The fourth-order valence-electron chi connectivity index (χ4n) is 6.90. The molecule has 0 atom stereocenters. The Hall–Kier alpha value is -4.72. The third kappa shape index (κ3) is 10.7. The monoisotopic (exact) mass is 1010 g/mol. The van der Waals surface area contributed by atoms with Gasteiger partial charge in [0, 0.05) is 26.6 Å². The molecule has 6 aromatic rings. The highest BCUT2D eigenvalue weighted by molar-refractivity contribution is 14.1. The maximum absolute atomic E-state index is 13.7. The normalized spacial score (nSPS) is 13.4. The Morgan fingerprint density at radius 2 is 1.26 bits per heavy atom. The molecule has 1 heterocycles. The number of ether oxygens (including phenoxy) is 1. The lowest BCUT2D eigenvalue weighted by atomic mass is 10.0. The van der Waals surface area contributed by atoms with E-state index in [9.17, 15) is 9.90 Å². The number of azo groups is 2. The highest BCUT2D eigenvalue weighted by Crippen LogP contribution is 2.41. The Balaban J connectivity index is 0.846. The van der Waals surface area contributed by atoms with Crippen LogP contribution in [0.5, 0.6) is 11.5 Å². The second kappa shape index (κ2) is 20.3. The standard InChI is InChI=1S/C47H42Br2IN5O3/c48-41-29-32(30-42(49)46(41)56)28-40-39-31-34(50)19-24-43(39)55(47(40)57)26-12-5-3-1-2-4-6-13-27-58-44-25-18-33-14-10-11-17-38(33)45(44)54-53-37-22-20-36(21-23-37)52-51-35-15-8-7-9-16-35/h7-11,14-25,28-31,56H,1-6,12-13,26-27H2/b40-28-,52-51?,54-53?. The van der Waals surface area contributed by atoms with Crippen LogP contribution >= 0.6 is 54.5 Å². The van der Waals surface area contributed by atoms with Crippen LogP contribution in [-0.2, 0) is 4.79 Å². The number of carbonyl (C=O) groups excluding carboxylic acids is 1. The van der Waals surface area contributed by atoms with Gasteiger partial charge in [-0.25, -0.2) is 0 Å². The third-order valence-electron chi connectivity index (χ3n) is 9.91. The zero-order valence-electron chi connectivity index (χ0n) is 31.8. The molecule has 0 bridgehead atoms. The van der Waals surface area contributed by atoms with Crippen LogP contribution in [0, 0.1) is 3.57 Å². The number of amides is 1. The second-order valence-corrected chi connectivity index (χ2v) is 17.0. The molecular formula is C47H42Br2IN5O3. The molecular weight excluding hydrogens is 969 g/mol. The first-order valence-electron chi connectivity index (χ1n) is 19.5. The van der Waals surface area contributed by atoms with Gasteiger partial charge < -0.3 is 14.7 Å². The molecule has 0 saturated carbocycles. The third-order valence-corrected chi connectivity index (χ3v) is 11.8. The minimum Gasteiger partial charge on any atom is -0.506 e. The van der Waals surface area contributed by atoms with Gasteiger partial charge in [-0.15, -0.1) is 5.11 Å². The lowest BCUT2D eigenvalue weighted by Gasteiger charge is -2.17. The quantitative estimate of drug-likeness (QED) is 0.0426. The van der Waals surface area contributed by atoms with E-state index in [4.69, 9.17) is 4.74 Å². The molecule has 0 radical (unpaired) electrons. The van der Waals surface area contributed by atoms with Gasteiger partial charge in [0.1, 0.15) is 17.2 Å². The Labute approximate surface area is 369 Å². The molecule has 6 aromatic carbocycles. The van der Waals surface area contributed by atoms with E-state index in [1.165, 1.54) is 12.8 Å². The van der Waals surface area contributed by atoms with Gasteiger partial charge in [-0.05, 0) is 157 Å². The number of hydrogen-bond acceptors (Lipinski definition) is 7. The Morgan fingerprint density at radius 3 is 1.97 bits per heavy atom. The number of unbranched alkanes of at least 4 members (excludes halogenated alkanes) is 7. The highest BCUT2D eigenvalue weighted by atomic mass is 127. The lowest BCUT2D eigenvalue weighted by molar-refractivity contribution is -0.113. The molecule has 0 saturated heterocycles. The smallest absolute Gasteiger partial charge is 0.258 e. The van der Waals surface area contributed by atoms with Crippen molar-refractivity contribution in [3.8, 4) is 11.5 Å². The summed E-state index contributed by atoms with van der Waals surface area (Å²) >= 11 is 9.11. The van der Waals surface area contributed by atoms with E-state index in [1.807, 2.05) is 95.9 Å². The van der Waals surface area contributed by atoms with Crippen LogP contribution in [0.2, 0.25) is 0 Å². The van der Waals surface area contributed by atoms with Crippen molar-refractivity contribution in [2.45, 2.75) is 51.4 Å². The fourth-order valence-corrected chi connectivity index (χ4v) is 8.61. The van der Waals surface area contributed by atoms with Crippen LogP contribution in [0.1, 0.15) is 62.5 Å². The van der Waals surface area contributed by atoms with Gasteiger partial charge in [-0.2, -0.15) is 15.3 Å². The number of benzene rings is 6. The number of phenols is 1. The summed E-state index contributed by atoms with van der Waals surface area (Å²) in [6.45, 7) is 1.30. The number of nitrogens with zero attached hydrogens (tertiary/aromatic N) is 5. The van der Waals surface area contributed by atoms with Crippen molar-refractivity contribution in [1.82, 2.24) is 0 Å². The number of carbonyl (C=O) groups is 1. The SMILES string of the molecule is O=C1/C(=C\c2cc(Br)c(O)c(Br)c2)c2cc(I)ccc2N1CCCCCCCCCCOc1ccc2ccccc2c1N=Nc1ccc(N=Nc2ccccc2)cc1. The summed E-state index contributed by atoms with van der Waals surface area (Å²) in [5.41, 5.74) is 6.41. The van der Waals surface area contributed by atoms with Crippen molar-refractivity contribution in [3.63, 3.8) is 0 Å². The lowest BCUT2D eigenvalue weighted by Crippen LogP contribution is -2.27. The van der Waals surface area contributed by atoms with Crippen LogP contribution in [0.4, 0.5) is 28.4 Å². The topological polar surface area (TPSA) is 99.2 Å². The van der Waals surface area contributed by atoms with Gasteiger partial charge in [0.15, 0.2) is 0 Å². The van der Waals surface area contributed by atoms with Crippen LogP contribution in [-0.4, -0.2) is 24.2 Å². The van der Waals surface area contributed by atoms with Gasteiger partial charge in [0.2, 0.25) is 0 Å². The van der Waals surface area contributed by atoms with Gasteiger partial charge >= 0.3 is 0 Å². The number of anilines is 1. The van der Waals surface area contributed by atoms with E-state index in [0.717, 1.165) is 98.2 Å². The highest BCUT2D eigenvalue weighted by Gasteiger charge is 2.32. The van der Waals surface area contributed by atoms with E-state index in [-0.39, 0.29) is 11.7 Å². The van der Waals surface area contributed by atoms with Crippen LogP contribution in [0.15, 0.2) is 151 Å². The summed E-state index contributed by atoms with van der Waals surface area (Å²) in [4.78, 5) is 15.6. The van der Waals surface area contributed by atoms with E-state index in [1.54, 1.807) is 0 Å². The van der Waals surface area contributed by atoms with Crippen LogP contribution in [0.3, 0.4) is 0 Å². The second-order valence-electron chi connectivity index (χ2n) is 14.1. The van der Waals surface area contributed by atoms with Crippen molar-refractivity contribution in [3.05, 3.63) is 145 Å². The molecule has 1 N–H and O–H groups in total. The number of aromatic hydroxyl groups is 1. The Bertz CT molecular complexity index is 2450. The van der Waals surface area contributed by atoms with E-state index in [2.05, 4.69) is 111 Å². The first-order chi connectivity index (χ1) is 28.3. The predicted molar refractivity (Wildman–Crippen MR) is 251 cm³/mol. The summed E-state index contributed by atoms with van der Waals surface area (Å²) in [5.74, 6) is 0.890. The van der Waals surface area contributed by atoms with Gasteiger partial charge in [0.25, 0.3) is 5.91 Å². The van der Waals surface area contributed by atoms with Crippen molar-refractivity contribution < 1.29 is 14.6 Å². The Kier molecular flexibility index (Phi) is 14.5. The number of hydrogen-bond donors (Lipinski definition) is 1. The van der Waals surface area contributed by atoms with Crippen LogP contribution < -0.4 is 9.64 Å². The predicted octanol–water partition coefficient (Wildman–Crippen LogP) is 15.6. The molecule has 8 nitrogen and oxygen atoms in total. The fraction of sp³-hybridized carbons (Fsp3) is 0.213. The molecule has 58 heavy (non-hydrogen) atoms. The molecule has 0 aliphatic carbocycles. The van der Waals surface area contributed by atoms with Crippen molar-refractivity contribution >= 4 is 111 Å². The van der Waals surface area contributed by atoms with E-state index in [0.29, 0.717) is 27.7 Å². The molecule has 0 unspecified atom stereocenters. The number of phenolic OH excluding ortho intramolecular Hbond substituents is 1. The summed E-state index contributed by atoms with van der Waals surface area (Å²) in [6.07, 6.45) is 10.6. The van der Waals surface area contributed by atoms with E-state index < -0.39 is 0 Å². The average Bonchev–Trinajstić information content (AvgIpc) is 3.49. The van der Waals surface area contributed by atoms with E-state index >= 15 is 0 Å². The molecule has 0 fully saturated rings. The van der Waals surface area contributed by atoms with Gasteiger partial charge in [-0.3, -0.25) is 4.79 Å². The summed E-state index contributed by atoms with van der Waals surface area (Å²) in [7, 11) is 0. The first kappa shape index (κ1) is 41.4. The van der Waals surface area contributed by atoms with Crippen molar-refractivity contribution in [2.75, 3.05) is 18.1 Å². The number of rotatable bonds is 17. The summed E-state index contributed by atoms with van der Waals surface area (Å²) in [6, 6.07) is 39.2. The van der Waals surface area contributed by atoms with Crippen molar-refractivity contribution in [1.29, 1.82) is 0 Å². The molecule has 1 aliphatic heterocycles. The zero-order valence-corrected chi connectivity index (χ0v) is 37.2. The molecule has 7 rings (SSSR count). The largest absolute Gasteiger partial charge is 0.506 e. The maximum Gasteiger partial charge on any atom is 0.258 e.